The molecule has 2 aliphatic heterocycles. The number of allylic oxidation sites excluding steroid dienone is 3. The molecule has 0 radical (unpaired) electrons. The maximum absolute atomic E-state index is 13.1. The van der Waals surface area contributed by atoms with Gasteiger partial charge in [-0.05, 0) is 44.9 Å². The van der Waals surface area contributed by atoms with Crippen molar-refractivity contribution < 1.29 is 19.1 Å². The maximum atomic E-state index is 13.1. The quantitative estimate of drug-likeness (QED) is 0.600. The second-order valence-electron chi connectivity index (χ2n) is 6.94. The number of halogens is 1. The molecule has 124 valence electrons. The molecule has 1 spiro atoms. The van der Waals surface area contributed by atoms with Crippen molar-refractivity contribution in [2.24, 2.45) is 5.41 Å². The van der Waals surface area contributed by atoms with Gasteiger partial charge in [0.15, 0.2) is 0 Å². The van der Waals surface area contributed by atoms with Crippen LogP contribution in [0.1, 0.15) is 33.6 Å². The van der Waals surface area contributed by atoms with E-state index in [9.17, 15) is 9.59 Å². The Morgan fingerprint density at radius 1 is 1.48 bits per heavy atom. The van der Waals surface area contributed by atoms with E-state index in [1.165, 1.54) is 4.90 Å². The number of hydrogen-bond donors (Lipinski definition) is 0. The Hall–Kier alpha value is -1.56. The van der Waals surface area contributed by atoms with Crippen molar-refractivity contribution >= 4 is 27.9 Å². The second-order valence-corrected chi connectivity index (χ2v) is 8.11. The van der Waals surface area contributed by atoms with Gasteiger partial charge in [-0.1, -0.05) is 22.0 Å². The molecule has 1 aliphatic carbocycles. The third-order valence-corrected chi connectivity index (χ3v) is 4.75. The molecule has 3 aliphatic rings. The summed E-state index contributed by atoms with van der Waals surface area (Å²) in [5, 5.41) is 0. The lowest BCUT2D eigenvalue weighted by Crippen LogP contribution is -2.41. The number of amides is 2. The molecule has 0 aromatic heterocycles. The summed E-state index contributed by atoms with van der Waals surface area (Å²) >= 11 is 3.54. The number of alkyl halides is 1. The van der Waals surface area contributed by atoms with Gasteiger partial charge in [0.1, 0.15) is 11.0 Å². The van der Waals surface area contributed by atoms with E-state index in [1.54, 1.807) is 33.1 Å². The zero-order chi connectivity index (χ0) is 16.8. The van der Waals surface area contributed by atoms with Gasteiger partial charge in [-0.2, -0.15) is 0 Å². The number of likely N-dealkylation sites (tertiary alicyclic amines) is 1. The van der Waals surface area contributed by atoms with E-state index in [4.69, 9.17) is 9.47 Å². The fourth-order valence-corrected chi connectivity index (χ4v) is 3.56. The monoisotopic (exact) mass is 381 g/mol. The topological polar surface area (TPSA) is 55.8 Å². The highest BCUT2D eigenvalue weighted by atomic mass is 79.9. The lowest BCUT2D eigenvalue weighted by Gasteiger charge is -2.28. The van der Waals surface area contributed by atoms with Crippen molar-refractivity contribution in [1.29, 1.82) is 0 Å². The van der Waals surface area contributed by atoms with E-state index in [0.29, 0.717) is 18.7 Å². The Kier molecular flexibility index (Phi) is 3.91. The third-order valence-electron chi connectivity index (χ3n) is 4.11. The molecule has 0 N–H and O–H groups in total. The summed E-state index contributed by atoms with van der Waals surface area (Å²) < 4.78 is 10.7. The van der Waals surface area contributed by atoms with Gasteiger partial charge in [0.05, 0.1) is 18.6 Å². The van der Waals surface area contributed by atoms with Gasteiger partial charge in [0.2, 0.25) is 0 Å². The molecular formula is C17H20BrNO4. The van der Waals surface area contributed by atoms with Crippen LogP contribution in [0.25, 0.3) is 0 Å². The SMILES string of the molecule is CC(C)(C)OC(=O)N1C(=O)C2(C=COCC2)C2=CCC(Br)C=C21. The van der Waals surface area contributed by atoms with Crippen molar-refractivity contribution in [1.82, 2.24) is 4.90 Å². The molecule has 2 heterocycles. The highest BCUT2D eigenvalue weighted by Gasteiger charge is 2.56. The summed E-state index contributed by atoms with van der Waals surface area (Å²) in [5.41, 5.74) is 0.0344. The molecule has 0 saturated carbocycles. The molecule has 0 aromatic carbocycles. The number of carbonyl (C=O) groups is 2. The minimum Gasteiger partial charge on any atom is -0.501 e. The van der Waals surface area contributed by atoms with Crippen LogP contribution in [0.3, 0.4) is 0 Å². The van der Waals surface area contributed by atoms with Crippen LogP contribution in [-0.2, 0) is 14.3 Å². The molecule has 1 saturated heterocycles. The molecule has 23 heavy (non-hydrogen) atoms. The summed E-state index contributed by atoms with van der Waals surface area (Å²) in [6.45, 7) is 5.81. The summed E-state index contributed by atoms with van der Waals surface area (Å²) in [4.78, 5) is 27.0. The maximum Gasteiger partial charge on any atom is 0.421 e. The van der Waals surface area contributed by atoms with Crippen LogP contribution in [0.5, 0.6) is 0 Å². The minimum atomic E-state index is -0.811. The van der Waals surface area contributed by atoms with Crippen molar-refractivity contribution in [3.05, 3.63) is 35.8 Å². The number of imide groups is 1. The third kappa shape index (κ3) is 2.73. The second kappa shape index (κ2) is 5.51. The van der Waals surface area contributed by atoms with Crippen molar-refractivity contribution in [2.75, 3.05) is 6.61 Å². The fraction of sp³-hybridized carbons (Fsp3) is 0.529. The van der Waals surface area contributed by atoms with Crippen LogP contribution in [0.2, 0.25) is 0 Å². The minimum absolute atomic E-state index is 0.0953. The predicted octanol–water partition coefficient (Wildman–Crippen LogP) is 3.66. The van der Waals surface area contributed by atoms with Crippen LogP contribution in [0.4, 0.5) is 4.79 Å². The Bertz CT molecular complexity index is 643. The number of carbonyl (C=O) groups excluding carboxylic acids is 2. The highest BCUT2D eigenvalue weighted by molar-refractivity contribution is 9.09. The van der Waals surface area contributed by atoms with Gasteiger partial charge in [0, 0.05) is 11.2 Å². The highest BCUT2D eigenvalue weighted by Crippen LogP contribution is 2.51. The van der Waals surface area contributed by atoms with Gasteiger partial charge < -0.3 is 9.47 Å². The standard InChI is InChI=1S/C17H20BrNO4/c1-16(2,3)23-15(21)19-13-10-11(18)4-5-12(13)17(14(19)20)6-8-22-9-7-17/h5-6,8,10-11H,4,7,9H2,1-3H3. The van der Waals surface area contributed by atoms with Crippen LogP contribution in [-0.4, -0.2) is 33.9 Å². The molecule has 1 fully saturated rings. The van der Waals surface area contributed by atoms with Crippen molar-refractivity contribution in [2.45, 2.75) is 44.0 Å². The molecule has 2 unspecified atom stereocenters. The molecule has 3 rings (SSSR count). The number of ether oxygens (including phenoxy) is 2. The van der Waals surface area contributed by atoms with E-state index >= 15 is 0 Å². The number of rotatable bonds is 0. The largest absolute Gasteiger partial charge is 0.501 e. The average Bonchev–Trinajstić information content (AvgIpc) is 2.67. The lowest BCUT2D eigenvalue weighted by atomic mass is 9.76. The van der Waals surface area contributed by atoms with Crippen LogP contribution in [0, 0.1) is 5.41 Å². The number of nitrogens with zero attached hydrogens (tertiary/aromatic N) is 1. The molecule has 2 atom stereocenters. The number of hydrogen-bond acceptors (Lipinski definition) is 4. The average molecular weight is 382 g/mol. The van der Waals surface area contributed by atoms with E-state index in [2.05, 4.69) is 15.9 Å². The van der Waals surface area contributed by atoms with E-state index in [0.717, 1.165) is 12.0 Å². The summed E-state index contributed by atoms with van der Waals surface area (Å²) in [7, 11) is 0. The van der Waals surface area contributed by atoms with Crippen molar-refractivity contribution in [3.8, 4) is 0 Å². The first kappa shape index (κ1) is 16.3. The van der Waals surface area contributed by atoms with Crippen LogP contribution in [0.15, 0.2) is 35.8 Å². The molecule has 5 nitrogen and oxygen atoms in total. The molecular weight excluding hydrogens is 362 g/mol. The van der Waals surface area contributed by atoms with Gasteiger partial charge in [0.25, 0.3) is 5.91 Å². The first-order chi connectivity index (χ1) is 10.7. The molecule has 0 aromatic rings. The molecule has 0 bridgehead atoms. The Morgan fingerprint density at radius 3 is 2.83 bits per heavy atom. The van der Waals surface area contributed by atoms with Gasteiger partial charge in [-0.15, -0.1) is 0 Å². The normalized spacial score (nSPS) is 29.8. The Morgan fingerprint density at radius 2 is 2.22 bits per heavy atom. The fourth-order valence-electron chi connectivity index (χ4n) is 3.12. The smallest absolute Gasteiger partial charge is 0.421 e. The Labute approximate surface area is 144 Å². The first-order valence-electron chi connectivity index (χ1n) is 7.68. The summed E-state index contributed by atoms with van der Waals surface area (Å²) in [5.74, 6) is -0.259. The van der Waals surface area contributed by atoms with Crippen LogP contribution >= 0.6 is 15.9 Å². The zero-order valence-corrected chi connectivity index (χ0v) is 15.1. The summed E-state index contributed by atoms with van der Waals surface area (Å²) in [6, 6.07) is 0. The van der Waals surface area contributed by atoms with E-state index < -0.39 is 17.1 Å². The van der Waals surface area contributed by atoms with E-state index in [1.807, 2.05) is 12.2 Å². The molecule has 2 amide bonds. The lowest BCUT2D eigenvalue weighted by molar-refractivity contribution is -0.132. The zero-order valence-electron chi connectivity index (χ0n) is 13.5. The molecule has 6 heteroatoms. The van der Waals surface area contributed by atoms with Gasteiger partial charge in [-0.3, -0.25) is 4.79 Å². The van der Waals surface area contributed by atoms with E-state index in [-0.39, 0.29) is 10.7 Å². The number of fused-ring (bicyclic) bond motifs is 2. The Balaban J connectivity index is 2.05. The van der Waals surface area contributed by atoms with Gasteiger partial charge >= 0.3 is 6.09 Å². The van der Waals surface area contributed by atoms with Crippen LogP contribution < -0.4 is 0 Å². The first-order valence-corrected chi connectivity index (χ1v) is 8.60. The summed E-state index contributed by atoms with van der Waals surface area (Å²) in [6.07, 6.45) is 7.94. The predicted molar refractivity (Wildman–Crippen MR) is 88.7 cm³/mol. The van der Waals surface area contributed by atoms with Gasteiger partial charge in [-0.25, -0.2) is 9.69 Å². The van der Waals surface area contributed by atoms with Crippen molar-refractivity contribution in [3.63, 3.8) is 0 Å².